The Morgan fingerprint density at radius 2 is 1.95 bits per heavy atom. The van der Waals surface area contributed by atoms with Gasteiger partial charge >= 0.3 is 0 Å². The molecule has 0 heterocycles. The van der Waals surface area contributed by atoms with Crippen molar-refractivity contribution in [2.45, 2.75) is 12.2 Å². The largest absolute Gasteiger partial charge is 0.492 e. The lowest BCUT2D eigenvalue weighted by atomic mass is 10.3. The van der Waals surface area contributed by atoms with Gasteiger partial charge in [0, 0.05) is 18.5 Å². The van der Waals surface area contributed by atoms with Crippen LogP contribution < -0.4 is 15.8 Å². The third kappa shape index (κ3) is 4.88. The first-order chi connectivity index (χ1) is 8.84. The first-order valence-electron chi connectivity index (χ1n) is 5.77. The molecular formula is C12H18N2O4S. The van der Waals surface area contributed by atoms with E-state index in [1.54, 1.807) is 24.3 Å². The first-order valence-corrected chi connectivity index (χ1v) is 7.72. The van der Waals surface area contributed by atoms with Gasteiger partial charge in [0.25, 0.3) is 0 Å². The van der Waals surface area contributed by atoms with Crippen molar-refractivity contribution >= 4 is 21.4 Å². The molecule has 1 aromatic carbocycles. The average Bonchev–Trinajstić information content (AvgIpc) is 2.36. The average molecular weight is 286 g/mol. The van der Waals surface area contributed by atoms with Gasteiger partial charge in [-0.15, -0.1) is 0 Å². The Balaban J connectivity index is 2.65. The highest BCUT2D eigenvalue weighted by Gasteiger charge is 2.23. The van der Waals surface area contributed by atoms with Crippen molar-refractivity contribution in [1.29, 1.82) is 0 Å². The van der Waals surface area contributed by atoms with Crippen LogP contribution in [0.3, 0.4) is 0 Å². The third-order valence-corrected chi connectivity index (χ3v) is 4.02. The van der Waals surface area contributed by atoms with E-state index < -0.39 is 21.0 Å². The van der Waals surface area contributed by atoms with Gasteiger partial charge in [-0.25, -0.2) is 8.42 Å². The maximum absolute atomic E-state index is 11.7. The molecule has 0 aliphatic carbocycles. The maximum Gasteiger partial charge on any atom is 0.242 e. The van der Waals surface area contributed by atoms with Crippen LogP contribution >= 0.6 is 0 Å². The van der Waals surface area contributed by atoms with Crippen LogP contribution in [0.1, 0.15) is 6.92 Å². The molecule has 0 fully saturated rings. The molecule has 6 nitrogen and oxygen atoms in total. The van der Waals surface area contributed by atoms with Crippen LogP contribution in [0, 0.1) is 0 Å². The Kier molecular flexibility index (Phi) is 5.31. The fraction of sp³-hybridized carbons (Fsp3) is 0.417. The first kappa shape index (κ1) is 15.5. The summed E-state index contributed by atoms with van der Waals surface area (Å²) in [6.07, 6.45) is 1.03. The van der Waals surface area contributed by atoms with E-state index in [0.29, 0.717) is 24.6 Å². The normalized spacial score (nSPS) is 12.8. The van der Waals surface area contributed by atoms with Crippen LogP contribution in [0.4, 0.5) is 5.69 Å². The van der Waals surface area contributed by atoms with E-state index in [1.807, 2.05) is 0 Å². The molecule has 1 amide bonds. The monoisotopic (exact) mass is 286 g/mol. The van der Waals surface area contributed by atoms with Crippen molar-refractivity contribution in [3.05, 3.63) is 24.3 Å². The number of carbonyl (C=O) groups is 1. The van der Waals surface area contributed by atoms with Crippen LogP contribution in [0.2, 0.25) is 0 Å². The highest BCUT2D eigenvalue weighted by Crippen LogP contribution is 2.16. The van der Waals surface area contributed by atoms with E-state index in [2.05, 4.69) is 5.32 Å². The molecule has 1 atom stereocenters. The molecular weight excluding hydrogens is 268 g/mol. The summed E-state index contributed by atoms with van der Waals surface area (Å²) >= 11 is 0. The minimum atomic E-state index is -3.39. The zero-order chi connectivity index (χ0) is 14.5. The van der Waals surface area contributed by atoms with Gasteiger partial charge in [-0.3, -0.25) is 4.79 Å². The number of nitrogens with two attached hydrogens (primary N) is 1. The van der Waals surface area contributed by atoms with Gasteiger partial charge < -0.3 is 15.8 Å². The lowest BCUT2D eigenvalue weighted by Crippen LogP contribution is -2.31. The highest BCUT2D eigenvalue weighted by atomic mass is 32.2. The number of rotatable bonds is 6. The number of sulfone groups is 1. The Morgan fingerprint density at radius 3 is 2.42 bits per heavy atom. The molecule has 0 radical (unpaired) electrons. The van der Waals surface area contributed by atoms with Crippen molar-refractivity contribution in [3.63, 3.8) is 0 Å². The summed E-state index contributed by atoms with van der Waals surface area (Å²) in [6, 6.07) is 6.63. The Hall–Kier alpha value is -1.60. The van der Waals surface area contributed by atoms with E-state index in [9.17, 15) is 13.2 Å². The molecule has 1 aromatic rings. The summed E-state index contributed by atoms with van der Waals surface area (Å²) < 4.78 is 27.8. The third-order valence-electron chi connectivity index (χ3n) is 2.52. The SMILES string of the molecule is CC(C(=O)Nc1ccc(OCCN)cc1)S(C)(=O)=O. The number of nitrogens with one attached hydrogen (secondary N) is 1. The predicted molar refractivity (Wildman–Crippen MR) is 73.9 cm³/mol. The molecule has 0 bridgehead atoms. The second-order valence-electron chi connectivity index (χ2n) is 4.12. The lowest BCUT2D eigenvalue weighted by molar-refractivity contribution is -0.115. The molecule has 1 rings (SSSR count). The van der Waals surface area contributed by atoms with Gasteiger partial charge in [0.05, 0.1) is 0 Å². The summed E-state index contributed by atoms with van der Waals surface area (Å²) in [6.45, 7) is 2.19. The molecule has 7 heteroatoms. The molecule has 0 saturated heterocycles. The van der Waals surface area contributed by atoms with Crippen molar-refractivity contribution in [3.8, 4) is 5.75 Å². The minimum absolute atomic E-state index is 0.414. The smallest absolute Gasteiger partial charge is 0.242 e. The number of amides is 1. The molecule has 0 aliphatic rings. The number of hydrogen-bond acceptors (Lipinski definition) is 5. The van der Waals surface area contributed by atoms with E-state index in [-0.39, 0.29) is 0 Å². The lowest BCUT2D eigenvalue weighted by Gasteiger charge is -2.11. The van der Waals surface area contributed by atoms with Crippen molar-refractivity contribution in [2.24, 2.45) is 5.73 Å². The van der Waals surface area contributed by atoms with Gasteiger partial charge in [0.2, 0.25) is 5.91 Å². The zero-order valence-corrected chi connectivity index (χ0v) is 11.7. The predicted octanol–water partition coefficient (Wildman–Crippen LogP) is 0.396. The van der Waals surface area contributed by atoms with Crippen LogP contribution in [-0.4, -0.2) is 39.0 Å². The molecule has 0 aromatic heterocycles. The second-order valence-corrected chi connectivity index (χ2v) is 6.49. The summed E-state index contributed by atoms with van der Waals surface area (Å²) in [7, 11) is -3.39. The van der Waals surface area contributed by atoms with Crippen molar-refractivity contribution in [1.82, 2.24) is 0 Å². The standard InChI is InChI=1S/C12H18N2O4S/c1-9(19(2,16)17)12(15)14-10-3-5-11(6-4-10)18-8-7-13/h3-6,9H,7-8,13H2,1-2H3,(H,14,15). The number of carbonyl (C=O) groups excluding carboxylic acids is 1. The van der Waals surface area contributed by atoms with Gasteiger partial charge in [0.15, 0.2) is 9.84 Å². The molecule has 3 N–H and O–H groups in total. The number of hydrogen-bond donors (Lipinski definition) is 2. The van der Waals surface area contributed by atoms with Gasteiger partial charge in [-0.2, -0.15) is 0 Å². The quantitative estimate of drug-likeness (QED) is 0.788. The molecule has 0 spiro atoms. The summed E-state index contributed by atoms with van der Waals surface area (Å²) in [5, 5.41) is 1.45. The van der Waals surface area contributed by atoms with E-state index in [0.717, 1.165) is 6.26 Å². The molecule has 1 unspecified atom stereocenters. The Labute approximate surface area is 112 Å². The zero-order valence-electron chi connectivity index (χ0n) is 10.9. The fourth-order valence-electron chi connectivity index (χ4n) is 1.25. The van der Waals surface area contributed by atoms with Gasteiger partial charge in [-0.05, 0) is 31.2 Å². The summed E-state index contributed by atoms with van der Waals surface area (Å²) in [4.78, 5) is 11.7. The van der Waals surface area contributed by atoms with Crippen LogP contribution in [0.25, 0.3) is 0 Å². The molecule has 0 saturated carbocycles. The van der Waals surface area contributed by atoms with Gasteiger partial charge in [-0.1, -0.05) is 0 Å². The van der Waals surface area contributed by atoms with Gasteiger partial charge in [0.1, 0.15) is 17.6 Å². The van der Waals surface area contributed by atoms with Crippen molar-refractivity contribution in [2.75, 3.05) is 24.7 Å². The number of anilines is 1. The second kappa shape index (κ2) is 6.53. The van der Waals surface area contributed by atoms with Crippen LogP contribution in [0.5, 0.6) is 5.75 Å². The maximum atomic E-state index is 11.7. The van der Waals surface area contributed by atoms with Crippen molar-refractivity contribution < 1.29 is 17.9 Å². The Morgan fingerprint density at radius 1 is 1.37 bits per heavy atom. The van der Waals surface area contributed by atoms with E-state index in [4.69, 9.17) is 10.5 Å². The number of benzene rings is 1. The van der Waals surface area contributed by atoms with E-state index >= 15 is 0 Å². The topological polar surface area (TPSA) is 98.5 Å². The molecule has 19 heavy (non-hydrogen) atoms. The molecule has 106 valence electrons. The summed E-state index contributed by atoms with van der Waals surface area (Å²) in [5.41, 5.74) is 5.82. The summed E-state index contributed by atoms with van der Waals surface area (Å²) in [5.74, 6) is 0.0812. The fourth-order valence-corrected chi connectivity index (χ4v) is 1.70. The van der Waals surface area contributed by atoms with Crippen LogP contribution in [0.15, 0.2) is 24.3 Å². The van der Waals surface area contributed by atoms with Crippen LogP contribution in [-0.2, 0) is 14.6 Å². The molecule has 0 aliphatic heterocycles. The Bertz CT molecular complexity index is 525. The minimum Gasteiger partial charge on any atom is -0.492 e. The van der Waals surface area contributed by atoms with E-state index in [1.165, 1.54) is 6.92 Å². The number of ether oxygens (including phenoxy) is 1. The highest BCUT2D eigenvalue weighted by molar-refractivity contribution is 7.92.